The third-order valence-corrected chi connectivity index (χ3v) is 5.24. The monoisotopic (exact) mass is 399 g/mol. The van der Waals surface area contributed by atoms with Crippen LogP contribution in [0.4, 0.5) is 0 Å². The van der Waals surface area contributed by atoms with Gasteiger partial charge in [0.2, 0.25) is 0 Å². The molecule has 2 aromatic carbocycles. The number of nitrogens with zero attached hydrogens (tertiary/aromatic N) is 2. The number of carbonyl (C=O) groups is 1. The summed E-state index contributed by atoms with van der Waals surface area (Å²) < 4.78 is 11.7. The molecule has 0 saturated carbocycles. The molecular weight excluding hydrogens is 382 g/mol. The summed E-state index contributed by atoms with van der Waals surface area (Å²) in [5, 5.41) is 8.95. The largest absolute Gasteiger partial charge is 0.478 e. The summed E-state index contributed by atoms with van der Waals surface area (Å²) in [7, 11) is 0. The maximum Gasteiger partial charge on any atom is 0.328 e. The number of ether oxygens (including phenoxy) is 2. The number of fused-ring (bicyclic) bond motifs is 4. The number of benzene rings is 2. The molecule has 7 nitrogen and oxygen atoms in total. The van der Waals surface area contributed by atoms with Crippen LogP contribution < -0.4 is 10.5 Å². The van der Waals surface area contributed by atoms with Crippen LogP contribution in [0.2, 0.25) is 0 Å². The van der Waals surface area contributed by atoms with Gasteiger partial charge in [0.05, 0.1) is 0 Å². The number of rotatable bonds is 3. The summed E-state index contributed by atoms with van der Waals surface area (Å²) >= 11 is 0. The molecule has 1 atom stereocenters. The van der Waals surface area contributed by atoms with Crippen LogP contribution in [0.25, 0.3) is 17.2 Å². The normalized spacial score (nSPS) is 19.0. The van der Waals surface area contributed by atoms with Gasteiger partial charge in [-0.2, -0.15) is 0 Å². The maximum atomic E-state index is 10.9. The van der Waals surface area contributed by atoms with E-state index in [4.69, 9.17) is 20.3 Å². The number of carboxylic acids is 1. The summed E-state index contributed by atoms with van der Waals surface area (Å²) in [6, 6.07) is 15.3. The lowest BCUT2D eigenvalue weighted by atomic mass is 9.80. The number of hydrogen-bond donors (Lipinski definition) is 2. The Morgan fingerprint density at radius 1 is 1.10 bits per heavy atom. The van der Waals surface area contributed by atoms with Crippen molar-refractivity contribution in [2.45, 2.75) is 5.54 Å². The first-order valence-corrected chi connectivity index (χ1v) is 9.32. The van der Waals surface area contributed by atoms with Crippen molar-refractivity contribution in [3.8, 4) is 22.6 Å². The van der Waals surface area contributed by atoms with E-state index in [1.165, 1.54) is 6.08 Å². The van der Waals surface area contributed by atoms with Crippen LogP contribution in [0.5, 0.6) is 11.5 Å². The number of pyridine rings is 1. The quantitative estimate of drug-likeness (QED) is 0.653. The SMILES string of the molecule is NC1=N[C@]2(CO1)c1cc(C=CC(=O)O)ccc1Oc1ccc(-c3cccnc3)cc12. The molecule has 0 saturated heterocycles. The first-order valence-electron chi connectivity index (χ1n) is 9.32. The van der Waals surface area contributed by atoms with E-state index in [2.05, 4.69) is 9.98 Å². The molecule has 0 bridgehead atoms. The number of aliphatic carboxylic acids is 1. The van der Waals surface area contributed by atoms with Gasteiger partial charge in [0, 0.05) is 35.2 Å². The van der Waals surface area contributed by atoms with E-state index < -0.39 is 11.5 Å². The zero-order valence-corrected chi connectivity index (χ0v) is 15.8. The molecule has 30 heavy (non-hydrogen) atoms. The standard InChI is InChI=1S/C23H17N3O4/c24-22-26-23(13-29-22)17-10-14(4-8-21(27)28)3-6-19(17)30-20-7-5-15(11-18(20)23)16-2-1-9-25-12-16/h1-12H,13H2,(H2,24,26)(H,27,28)/t23-/m1/s1. The lowest BCUT2D eigenvalue weighted by Crippen LogP contribution is -2.31. The highest BCUT2D eigenvalue weighted by molar-refractivity contribution is 5.85. The Morgan fingerprint density at radius 2 is 1.90 bits per heavy atom. The molecule has 1 spiro atoms. The Kier molecular flexibility index (Phi) is 4.03. The van der Waals surface area contributed by atoms with Gasteiger partial charge in [-0.3, -0.25) is 4.98 Å². The summed E-state index contributed by atoms with van der Waals surface area (Å²) in [5.41, 5.74) is 9.30. The first-order chi connectivity index (χ1) is 14.5. The molecule has 3 aromatic rings. The fourth-order valence-corrected chi connectivity index (χ4v) is 3.86. The molecule has 1 aromatic heterocycles. The Labute approximate surface area is 172 Å². The second-order valence-electron chi connectivity index (χ2n) is 7.08. The zero-order valence-electron chi connectivity index (χ0n) is 15.8. The summed E-state index contributed by atoms with van der Waals surface area (Å²) in [6.45, 7) is 0.227. The van der Waals surface area contributed by atoms with Crippen LogP contribution in [-0.4, -0.2) is 28.7 Å². The molecule has 0 radical (unpaired) electrons. The molecule has 0 aliphatic carbocycles. The highest BCUT2D eigenvalue weighted by Crippen LogP contribution is 2.51. The second kappa shape index (κ2) is 6.73. The molecule has 148 valence electrons. The van der Waals surface area contributed by atoms with E-state index in [1.54, 1.807) is 24.5 Å². The van der Waals surface area contributed by atoms with E-state index in [9.17, 15) is 4.79 Å². The Bertz CT molecular complexity index is 1220. The molecule has 0 amide bonds. The van der Waals surface area contributed by atoms with E-state index in [0.29, 0.717) is 17.1 Å². The summed E-state index contributed by atoms with van der Waals surface area (Å²) in [5.74, 6) is 0.286. The third-order valence-electron chi connectivity index (χ3n) is 5.24. The van der Waals surface area contributed by atoms with Crippen LogP contribution in [0.1, 0.15) is 16.7 Å². The third kappa shape index (κ3) is 2.88. The van der Waals surface area contributed by atoms with Gasteiger partial charge in [-0.05, 0) is 47.5 Å². The van der Waals surface area contributed by atoms with Gasteiger partial charge in [-0.1, -0.05) is 18.2 Å². The Balaban J connectivity index is 1.69. The van der Waals surface area contributed by atoms with Crippen molar-refractivity contribution in [1.29, 1.82) is 0 Å². The zero-order chi connectivity index (χ0) is 20.7. The van der Waals surface area contributed by atoms with Crippen LogP contribution >= 0.6 is 0 Å². The summed E-state index contributed by atoms with van der Waals surface area (Å²) in [6.07, 6.45) is 6.14. The minimum atomic E-state index is -1.02. The smallest absolute Gasteiger partial charge is 0.328 e. The molecule has 2 aliphatic heterocycles. The van der Waals surface area contributed by atoms with E-state index >= 15 is 0 Å². The molecule has 3 heterocycles. The van der Waals surface area contributed by atoms with E-state index in [-0.39, 0.29) is 12.6 Å². The van der Waals surface area contributed by atoms with Gasteiger partial charge in [0.25, 0.3) is 6.02 Å². The van der Waals surface area contributed by atoms with Crippen LogP contribution in [0.3, 0.4) is 0 Å². The van der Waals surface area contributed by atoms with Crippen molar-refractivity contribution < 1.29 is 19.4 Å². The predicted molar refractivity (Wildman–Crippen MR) is 111 cm³/mol. The van der Waals surface area contributed by atoms with Crippen molar-refractivity contribution in [3.63, 3.8) is 0 Å². The van der Waals surface area contributed by atoms with Crippen LogP contribution in [0, 0.1) is 0 Å². The molecule has 3 N–H and O–H groups in total. The number of nitrogens with two attached hydrogens (primary N) is 1. The average Bonchev–Trinajstić information content (AvgIpc) is 3.15. The minimum absolute atomic E-state index is 0.104. The van der Waals surface area contributed by atoms with Gasteiger partial charge in [-0.25, -0.2) is 9.79 Å². The maximum absolute atomic E-state index is 10.9. The minimum Gasteiger partial charge on any atom is -0.478 e. The number of carboxylic acid groups (broad SMARTS) is 1. The van der Waals surface area contributed by atoms with Gasteiger partial charge in [-0.15, -0.1) is 0 Å². The van der Waals surface area contributed by atoms with Gasteiger partial charge >= 0.3 is 5.97 Å². The van der Waals surface area contributed by atoms with Crippen LogP contribution in [0.15, 0.2) is 72.0 Å². The highest BCUT2D eigenvalue weighted by atomic mass is 16.5. The van der Waals surface area contributed by atoms with Crippen molar-refractivity contribution in [1.82, 2.24) is 4.98 Å². The average molecular weight is 399 g/mol. The van der Waals surface area contributed by atoms with Crippen molar-refractivity contribution >= 4 is 18.1 Å². The first kappa shape index (κ1) is 17.9. The van der Waals surface area contributed by atoms with Crippen molar-refractivity contribution in [2.24, 2.45) is 10.7 Å². The molecule has 5 rings (SSSR count). The predicted octanol–water partition coefficient (Wildman–Crippen LogP) is 3.54. The fourth-order valence-electron chi connectivity index (χ4n) is 3.86. The molecule has 7 heteroatoms. The van der Waals surface area contributed by atoms with Crippen molar-refractivity contribution in [2.75, 3.05) is 6.61 Å². The van der Waals surface area contributed by atoms with Crippen molar-refractivity contribution in [3.05, 3.63) is 83.7 Å². The highest BCUT2D eigenvalue weighted by Gasteiger charge is 2.47. The number of hydrogen-bond acceptors (Lipinski definition) is 6. The lowest BCUT2D eigenvalue weighted by Gasteiger charge is -2.34. The Morgan fingerprint density at radius 3 is 2.60 bits per heavy atom. The summed E-state index contributed by atoms with van der Waals surface area (Å²) in [4.78, 5) is 19.8. The van der Waals surface area contributed by atoms with Gasteiger partial charge in [0.15, 0.2) is 5.54 Å². The van der Waals surface area contributed by atoms with E-state index in [0.717, 1.165) is 28.3 Å². The number of aromatic nitrogens is 1. The van der Waals surface area contributed by atoms with Gasteiger partial charge in [0.1, 0.15) is 18.1 Å². The number of amidine groups is 1. The Hall–Kier alpha value is -4.13. The fraction of sp³-hybridized carbons (Fsp3) is 0.0870. The molecule has 0 unspecified atom stereocenters. The molecular formula is C23H17N3O4. The molecule has 2 aliphatic rings. The van der Waals surface area contributed by atoms with E-state index in [1.807, 2.05) is 36.4 Å². The van der Waals surface area contributed by atoms with Crippen LogP contribution in [-0.2, 0) is 15.1 Å². The second-order valence-corrected chi connectivity index (χ2v) is 7.08. The number of aliphatic imine (C=N–C) groups is 1. The van der Waals surface area contributed by atoms with Gasteiger partial charge < -0.3 is 20.3 Å². The topological polar surface area (TPSA) is 107 Å². The lowest BCUT2D eigenvalue weighted by molar-refractivity contribution is -0.131. The molecule has 0 fully saturated rings.